The highest BCUT2D eigenvalue weighted by Gasteiger charge is 2.09. The number of hydrogen-bond acceptors (Lipinski definition) is 1. The minimum atomic E-state index is 0.749. The van der Waals surface area contributed by atoms with Gasteiger partial charge >= 0.3 is 0 Å². The number of H-pyrrole nitrogens is 1. The van der Waals surface area contributed by atoms with Crippen LogP contribution in [0.1, 0.15) is 5.56 Å². The lowest BCUT2D eigenvalue weighted by Crippen LogP contribution is -1.82. The van der Waals surface area contributed by atoms with E-state index in [1.54, 1.807) is 0 Å². The average molecular weight is 293 g/mol. The van der Waals surface area contributed by atoms with E-state index in [1.807, 2.05) is 25.1 Å². The Labute approximate surface area is 127 Å². The van der Waals surface area contributed by atoms with Gasteiger partial charge in [0.25, 0.3) is 0 Å². The predicted octanol–water partition coefficient (Wildman–Crippen LogP) is 5.34. The molecule has 0 spiro atoms. The number of aromatic nitrogens is 2. The lowest BCUT2D eigenvalue weighted by atomic mass is 10.0. The van der Waals surface area contributed by atoms with Crippen molar-refractivity contribution >= 4 is 33.4 Å². The Morgan fingerprint density at radius 2 is 1.81 bits per heavy atom. The summed E-state index contributed by atoms with van der Waals surface area (Å²) in [6, 6.07) is 18.6. The molecule has 4 rings (SSSR count). The van der Waals surface area contributed by atoms with Crippen LogP contribution in [0, 0.1) is 6.92 Å². The van der Waals surface area contributed by atoms with Crippen molar-refractivity contribution < 1.29 is 0 Å². The van der Waals surface area contributed by atoms with Crippen LogP contribution in [0.4, 0.5) is 0 Å². The lowest BCUT2D eigenvalue weighted by Gasteiger charge is -2.03. The van der Waals surface area contributed by atoms with E-state index in [1.165, 1.54) is 10.8 Å². The minimum absolute atomic E-state index is 0.749. The van der Waals surface area contributed by atoms with Crippen molar-refractivity contribution in [3.8, 4) is 11.4 Å². The number of hydrogen-bond donors (Lipinski definition) is 1. The number of halogens is 1. The number of nitrogens with zero attached hydrogens (tertiary/aromatic N) is 1. The third-order valence-electron chi connectivity index (χ3n) is 3.81. The van der Waals surface area contributed by atoms with E-state index in [4.69, 9.17) is 16.6 Å². The van der Waals surface area contributed by atoms with Crippen molar-refractivity contribution in [1.82, 2.24) is 9.97 Å². The van der Waals surface area contributed by atoms with E-state index in [0.29, 0.717) is 0 Å². The molecule has 1 heterocycles. The SMILES string of the molecule is Cc1cc2[nH]c(-c3cccc4ccccc34)nc2cc1Cl. The maximum atomic E-state index is 6.18. The highest BCUT2D eigenvalue weighted by molar-refractivity contribution is 6.32. The van der Waals surface area contributed by atoms with Gasteiger partial charge in [0.05, 0.1) is 11.0 Å². The number of aromatic amines is 1. The number of rotatable bonds is 1. The van der Waals surface area contributed by atoms with Gasteiger partial charge in [-0.15, -0.1) is 0 Å². The number of aryl methyl sites for hydroxylation is 1. The first-order chi connectivity index (χ1) is 10.2. The fraction of sp³-hybridized carbons (Fsp3) is 0.0556. The second kappa shape index (κ2) is 4.61. The Morgan fingerprint density at radius 3 is 2.71 bits per heavy atom. The Bertz CT molecular complexity index is 925. The normalized spacial score (nSPS) is 11.3. The van der Waals surface area contributed by atoms with Gasteiger partial charge in [0.15, 0.2) is 0 Å². The van der Waals surface area contributed by atoms with E-state index >= 15 is 0 Å². The fourth-order valence-corrected chi connectivity index (χ4v) is 2.86. The summed E-state index contributed by atoms with van der Waals surface area (Å²) in [5, 5.41) is 3.16. The van der Waals surface area contributed by atoms with Crippen LogP contribution in [-0.2, 0) is 0 Å². The zero-order valence-corrected chi connectivity index (χ0v) is 12.3. The summed E-state index contributed by atoms with van der Waals surface area (Å²) in [6.45, 7) is 2.00. The number of benzene rings is 3. The molecular weight excluding hydrogens is 280 g/mol. The van der Waals surface area contributed by atoms with Gasteiger partial charge in [0.2, 0.25) is 0 Å². The maximum absolute atomic E-state index is 6.18. The van der Waals surface area contributed by atoms with Crippen LogP contribution in [0.5, 0.6) is 0 Å². The number of fused-ring (bicyclic) bond motifs is 2. The molecule has 2 nitrogen and oxygen atoms in total. The van der Waals surface area contributed by atoms with Crippen molar-refractivity contribution in [1.29, 1.82) is 0 Å². The molecule has 3 heteroatoms. The third kappa shape index (κ3) is 1.99. The molecule has 0 atom stereocenters. The van der Waals surface area contributed by atoms with Crippen molar-refractivity contribution in [2.75, 3.05) is 0 Å². The molecule has 0 amide bonds. The van der Waals surface area contributed by atoms with Crippen LogP contribution >= 0.6 is 11.6 Å². The van der Waals surface area contributed by atoms with E-state index in [9.17, 15) is 0 Å². The standard InChI is InChI=1S/C18H13ClN2/c1-11-9-16-17(10-15(11)19)21-18(20-16)14-8-4-6-12-5-2-3-7-13(12)14/h2-10H,1H3,(H,20,21). The second-order valence-corrected chi connectivity index (χ2v) is 5.64. The molecule has 21 heavy (non-hydrogen) atoms. The lowest BCUT2D eigenvalue weighted by molar-refractivity contribution is 1.35. The van der Waals surface area contributed by atoms with E-state index in [0.717, 1.165) is 33.0 Å². The Balaban J connectivity index is 2.00. The molecule has 0 unspecified atom stereocenters. The van der Waals surface area contributed by atoms with E-state index in [2.05, 4.69) is 41.4 Å². The van der Waals surface area contributed by atoms with Gasteiger partial charge in [-0.1, -0.05) is 54.1 Å². The van der Waals surface area contributed by atoms with E-state index < -0.39 is 0 Å². The van der Waals surface area contributed by atoms with Crippen molar-refractivity contribution in [3.63, 3.8) is 0 Å². The zero-order chi connectivity index (χ0) is 14.4. The molecule has 0 saturated carbocycles. The molecule has 0 radical (unpaired) electrons. The Hall–Kier alpha value is -2.32. The smallest absolute Gasteiger partial charge is 0.139 e. The van der Waals surface area contributed by atoms with Crippen LogP contribution in [0.15, 0.2) is 54.6 Å². The van der Waals surface area contributed by atoms with Crippen LogP contribution in [0.25, 0.3) is 33.2 Å². The van der Waals surface area contributed by atoms with Gasteiger partial charge in [-0.05, 0) is 35.4 Å². The Kier molecular flexibility index (Phi) is 2.72. The van der Waals surface area contributed by atoms with Crippen molar-refractivity contribution in [2.45, 2.75) is 6.92 Å². The topological polar surface area (TPSA) is 28.7 Å². The predicted molar refractivity (Wildman–Crippen MR) is 88.8 cm³/mol. The number of imidazole rings is 1. The fourth-order valence-electron chi connectivity index (χ4n) is 2.70. The number of nitrogens with one attached hydrogen (secondary N) is 1. The average Bonchev–Trinajstić information content (AvgIpc) is 2.90. The van der Waals surface area contributed by atoms with Gasteiger partial charge in [-0.2, -0.15) is 0 Å². The summed E-state index contributed by atoms with van der Waals surface area (Å²) in [4.78, 5) is 8.10. The summed E-state index contributed by atoms with van der Waals surface area (Å²) in [5.41, 5.74) is 4.07. The van der Waals surface area contributed by atoms with Gasteiger partial charge in [0.1, 0.15) is 5.82 Å². The van der Waals surface area contributed by atoms with Crippen molar-refractivity contribution in [3.05, 3.63) is 65.2 Å². The molecular formula is C18H13ClN2. The summed E-state index contributed by atoms with van der Waals surface area (Å²) >= 11 is 6.18. The van der Waals surface area contributed by atoms with Gasteiger partial charge < -0.3 is 4.98 Å². The summed E-state index contributed by atoms with van der Waals surface area (Å²) in [5.74, 6) is 0.878. The molecule has 1 aromatic heterocycles. The second-order valence-electron chi connectivity index (χ2n) is 5.23. The van der Waals surface area contributed by atoms with Crippen LogP contribution in [-0.4, -0.2) is 9.97 Å². The summed E-state index contributed by atoms with van der Waals surface area (Å²) < 4.78 is 0. The molecule has 0 saturated heterocycles. The molecule has 0 fully saturated rings. The molecule has 0 aliphatic carbocycles. The monoisotopic (exact) mass is 292 g/mol. The van der Waals surface area contributed by atoms with Crippen molar-refractivity contribution in [2.24, 2.45) is 0 Å². The Morgan fingerprint density at radius 1 is 1.00 bits per heavy atom. The maximum Gasteiger partial charge on any atom is 0.139 e. The summed E-state index contributed by atoms with van der Waals surface area (Å²) in [7, 11) is 0. The van der Waals surface area contributed by atoms with E-state index in [-0.39, 0.29) is 0 Å². The molecule has 102 valence electrons. The molecule has 0 aliphatic rings. The van der Waals surface area contributed by atoms with Crippen LogP contribution in [0.3, 0.4) is 0 Å². The first-order valence-corrected chi connectivity index (χ1v) is 7.24. The largest absolute Gasteiger partial charge is 0.338 e. The van der Waals surface area contributed by atoms with Crippen LogP contribution < -0.4 is 0 Å². The molecule has 0 bridgehead atoms. The summed E-state index contributed by atoms with van der Waals surface area (Å²) in [6.07, 6.45) is 0. The van der Waals surface area contributed by atoms with Gasteiger partial charge in [0, 0.05) is 10.6 Å². The first kappa shape index (κ1) is 12.4. The molecule has 4 aromatic rings. The first-order valence-electron chi connectivity index (χ1n) is 6.86. The zero-order valence-electron chi connectivity index (χ0n) is 11.5. The third-order valence-corrected chi connectivity index (χ3v) is 4.21. The molecule has 3 aromatic carbocycles. The molecule has 0 aliphatic heterocycles. The highest BCUT2D eigenvalue weighted by atomic mass is 35.5. The minimum Gasteiger partial charge on any atom is -0.338 e. The van der Waals surface area contributed by atoms with Gasteiger partial charge in [-0.3, -0.25) is 0 Å². The quantitative estimate of drug-likeness (QED) is 0.503. The van der Waals surface area contributed by atoms with Crippen LogP contribution in [0.2, 0.25) is 5.02 Å². The van der Waals surface area contributed by atoms with Gasteiger partial charge in [-0.25, -0.2) is 4.98 Å². The highest BCUT2D eigenvalue weighted by Crippen LogP contribution is 2.29. The molecule has 1 N–H and O–H groups in total.